The first-order valence-corrected chi connectivity index (χ1v) is 14.3. The van der Waals surface area contributed by atoms with E-state index in [0.29, 0.717) is 6.42 Å². The smallest absolute Gasteiger partial charge is 0.324 e. The molecule has 0 spiro atoms. The number of rotatable bonds is 22. The Hall–Kier alpha value is 0.0700. The van der Waals surface area contributed by atoms with Crippen LogP contribution in [0.2, 0.25) is 0 Å². The standard InChI is InChI=1S/C24H50O6.H3O3P/c1-2-3-4-5-6-7-8-9-10-11-12-13-14-15-16-17-18-20(26)22(28)24(30)23(29)21(27)19-25;1-4(2)3/h20-30H,2-19H2,1H3;1-3H/t20?,21-,22+,23-,24-;/m1./s1. The van der Waals surface area contributed by atoms with Crippen molar-refractivity contribution in [2.24, 2.45) is 0 Å². The lowest BCUT2D eigenvalue weighted by Crippen LogP contribution is -2.49. The van der Waals surface area contributed by atoms with Crippen LogP contribution in [0.3, 0.4) is 0 Å². The minimum atomic E-state index is -2.62. The molecule has 9 nitrogen and oxygen atoms in total. The van der Waals surface area contributed by atoms with E-state index in [1.165, 1.54) is 83.5 Å². The molecule has 34 heavy (non-hydrogen) atoms. The molecule has 0 aromatic heterocycles. The van der Waals surface area contributed by atoms with Crippen LogP contribution >= 0.6 is 8.60 Å². The molecule has 0 saturated heterocycles. The van der Waals surface area contributed by atoms with Crippen molar-refractivity contribution in [2.45, 2.75) is 147 Å². The number of unbranched alkanes of at least 4 members (excludes halogenated alkanes) is 15. The first-order chi connectivity index (χ1) is 16.2. The Morgan fingerprint density at radius 1 is 0.471 bits per heavy atom. The van der Waals surface area contributed by atoms with Gasteiger partial charge >= 0.3 is 8.60 Å². The summed E-state index contributed by atoms with van der Waals surface area (Å²) in [6.07, 6.45) is 12.9. The number of hydrogen-bond acceptors (Lipinski definition) is 9. The Bertz CT molecular complexity index is 402. The number of hydrogen-bond donors (Lipinski definition) is 9. The second-order valence-corrected chi connectivity index (χ2v) is 9.69. The molecule has 0 aromatic rings. The summed E-state index contributed by atoms with van der Waals surface area (Å²) >= 11 is 0. The van der Waals surface area contributed by atoms with Crippen LogP contribution in [0.25, 0.3) is 0 Å². The summed E-state index contributed by atoms with van der Waals surface area (Å²) in [6.45, 7) is 1.53. The predicted molar refractivity (Wildman–Crippen MR) is 135 cm³/mol. The minimum Gasteiger partial charge on any atom is -0.394 e. The zero-order valence-electron chi connectivity index (χ0n) is 21.1. The molecule has 0 aliphatic carbocycles. The highest BCUT2D eigenvalue weighted by atomic mass is 31.2. The van der Waals surface area contributed by atoms with Gasteiger partial charge in [-0.1, -0.05) is 110 Å². The first kappa shape index (κ1) is 36.2. The molecule has 0 aliphatic rings. The van der Waals surface area contributed by atoms with E-state index in [2.05, 4.69) is 6.92 Å². The zero-order valence-corrected chi connectivity index (χ0v) is 22.0. The summed E-state index contributed by atoms with van der Waals surface area (Å²) in [7, 11) is -2.62. The van der Waals surface area contributed by atoms with E-state index in [-0.39, 0.29) is 0 Å². The van der Waals surface area contributed by atoms with Gasteiger partial charge in [-0.3, -0.25) is 0 Å². The normalized spacial score (nSPS) is 16.0. The fraction of sp³-hybridized carbons (Fsp3) is 1.00. The van der Waals surface area contributed by atoms with E-state index in [1.54, 1.807) is 0 Å². The Morgan fingerprint density at radius 3 is 1.09 bits per heavy atom. The maximum Gasteiger partial charge on any atom is 0.324 e. The summed E-state index contributed by atoms with van der Waals surface area (Å²) in [6, 6.07) is 0. The average Bonchev–Trinajstić information content (AvgIpc) is 2.81. The lowest BCUT2D eigenvalue weighted by Gasteiger charge is -2.28. The van der Waals surface area contributed by atoms with Gasteiger partial charge in [0.05, 0.1) is 12.7 Å². The molecule has 0 fully saturated rings. The summed E-state index contributed by atoms with van der Waals surface area (Å²) < 4.78 is 0. The average molecular weight is 517 g/mol. The SMILES string of the molecule is CCCCCCCCCCCCCCCCCCC(O)[C@H](O)[C@@H](O)[C@H](O)[C@H](O)CO.OP(O)O. The van der Waals surface area contributed by atoms with Crippen LogP contribution in [0.4, 0.5) is 0 Å². The summed E-state index contributed by atoms with van der Waals surface area (Å²) in [4.78, 5) is 21.7. The second-order valence-electron chi connectivity index (χ2n) is 9.15. The molecule has 0 bridgehead atoms. The van der Waals surface area contributed by atoms with Crippen molar-refractivity contribution < 1.29 is 45.3 Å². The van der Waals surface area contributed by atoms with Crippen LogP contribution in [-0.2, 0) is 0 Å². The number of aliphatic hydroxyl groups excluding tert-OH is 6. The Labute approximate surface area is 207 Å². The highest BCUT2D eigenvalue weighted by molar-refractivity contribution is 7.38. The van der Waals surface area contributed by atoms with Crippen LogP contribution in [0.5, 0.6) is 0 Å². The van der Waals surface area contributed by atoms with Gasteiger partial charge in [-0.15, -0.1) is 0 Å². The van der Waals surface area contributed by atoms with Crippen molar-refractivity contribution >= 4 is 8.60 Å². The van der Waals surface area contributed by atoms with E-state index >= 15 is 0 Å². The maximum atomic E-state index is 9.94. The summed E-state index contributed by atoms with van der Waals surface area (Å²) in [5, 5.41) is 57.2. The molecule has 0 radical (unpaired) electrons. The molecule has 0 rings (SSSR count). The largest absolute Gasteiger partial charge is 0.394 e. The summed E-state index contributed by atoms with van der Waals surface area (Å²) in [5.74, 6) is 0. The highest BCUT2D eigenvalue weighted by Gasteiger charge is 2.33. The van der Waals surface area contributed by atoms with Crippen LogP contribution in [0, 0.1) is 0 Å². The van der Waals surface area contributed by atoms with Gasteiger partial charge in [-0.2, -0.15) is 0 Å². The predicted octanol–water partition coefficient (Wildman–Crippen LogP) is 2.63. The molecule has 0 aromatic carbocycles. The molecular weight excluding hydrogens is 463 g/mol. The third kappa shape index (κ3) is 23.8. The molecule has 0 saturated carbocycles. The first-order valence-electron chi connectivity index (χ1n) is 13.1. The molecule has 5 atom stereocenters. The van der Waals surface area contributed by atoms with Gasteiger partial charge in [0, 0.05) is 0 Å². The lowest BCUT2D eigenvalue weighted by atomic mass is 9.96. The number of aliphatic hydroxyl groups is 6. The van der Waals surface area contributed by atoms with Gasteiger partial charge in [-0.05, 0) is 6.42 Å². The van der Waals surface area contributed by atoms with Crippen LogP contribution < -0.4 is 0 Å². The van der Waals surface area contributed by atoms with Crippen molar-refractivity contribution in [2.75, 3.05) is 6.61 Å². The van der Waals surface area contributed by atoms with Gasteiger partial charge in [0.2, 0.25) is 0 Å². The lowest BCUT2D eigenvalue weighted by molar-refractivity contribution is -0.141. The van der Waals surface area contributed by atoms with Gasteiger partial charge in [0.15, 0.2) is 0 Å². The van der Waals surface area contributed by atoms with Gasteiger partial charge < -0.3 is 45.3 Å². The summed E-state index contributed by atoms with van der Waals surface area (Å²) in [5.41, 5.74) is 0. The molecule has 0 aliphatic heterocycles. The van der Waals surface area contributed by atoms with Crippen LogP contribution in [0.1, 0.15) is 116 Å². The topological polar surface area (TPSA) is 182 Å². The van der Waals surface area contributed by atoms with Crippen LogP contribution in [0.15, 0.2) is 0 Å². The Morgan fingerprint density at radius 2 is 0.765 bits per heavy atom. The Balaban J connectivity index is 0. The third-order valence-corrected chi connectivity index (χ3v) is 6.03. The monoisotopic (exact) mass is 516 g/mol. The second kappa shape index (κ2) is 26.1. The minimum absolute atomic E-state index is 0.332. The molecular formula is C24H53O9P. The fourth-order valence-corrected chi connectivity index (χ4v) is 3.84. The zero-order chi connectivity index (χ0) is 26.2. The van der Waals surface area contributed by atoms with Crippen LogP contribution in [-0.4, -0.2) is 82.4 Å². The van der Waals surface area contributed by atoms with Gasteiger partial charge in [-0.25, -0.2) is 0 Å². The molecule has 1 unspecified atom stereocenters. The van der Waals surface area contributed by atoms with Gasteiger partial charge in [0.25, 0.3) is 0 Å². The van der Waals surface area contributed by atoms with E-state index in [9.17, 15) is 25.5 Å². The molecule has 10 heteroatoms. The molecule has 0 amide bonds. The Kier molecular flexibility index (Phi) is 27.9. The van der Waals surface area contributed by atoms with Crippen molar-refractivity contribution in [1.29, 1.82) is 0 Å². The van der Waals surface area contributed by atoms with Crippen molar-refractivity contribution in [3.8, 4) is 0 Å². The highest BCUT2D eigenvalue weighted by Crippen LogP contribution is 2.16. The molecule has 9 N–H and O–H groups in total. The fourth-order valence-electron chi connectivity index (χ4n) is 3.84. The van der Waals surface area contributed by atoms with Crippen molar-refractivity contribution in [3.63, 3.8) is 0 Å². The van der Waals surface area contributed by atoms with Gasteiger partial charge in [0.1, 0.15) is 24.4 Å². The maximum absolute atomic E-state index is 9.94. The van der Waals surface area contributed by atoms with E-state index in [0.717, 1.165) is 19.3 Å². The quantitative estimate of drug-likeness (QED) is 0.0771. The molecule has 208 valence electrons. The van der Waals surface area contributed by atoms with Crippen molar-refractivity contribution in [3.05, 3.63) is 0 Å². The van der Waals surface area contributed by atoms with Crippen molar-refractivity contribution in [1.82, 2.24) is 0 Å². The van der Waals surface area contributed by atoms with E-state index in [1.807, 2.05) is 0 Å². The third-order valence-electron chi connectivity index (χ3n) is 6.03. The van der Waals surface area contributed by atoms with E-state index in [4.69, 9.17) is 19.8 Å². The molecule has 0 heterocycles. The van der Waals surface area contributed by atoms with E-state index < -0.39 is 45.7 Å².